The highest BCUT2D eigenvalue weighted by atomic mass is 14.3. The van der Waals surface area contributed by atoms with Crippen LogP contribution in [0.3, 0.4) is 0 Å². The van der Waals surface area contributed by atoms with Crippen LogP contribution in [0.25, 0.3) is 0 Å². The van der Waals surface area contributed by atoms with Gasteiger partial charge in [0, 0.05) is 0 Å². The van der Waals surface area contributed by atoms with Crippen LogP contribution in [-0.4, -0.2) is 0 Å². The molecule has 0 amide bonds. The van der Waals surface area contributed by atoms with Crippen molar-refractivity contribution in [3.8, 4) is 0 Å². The molecule has 2 aromatic carbocycles. The first-order valence-electron chi connectivity index (χ1n) is 6.65. The lowest BCUT2D eigenvalue weighted by molar-refractivity contribution is 0.356. The van der Waals surface area contributed by atoms with Gasteiger partial charge in [-0.2, -0.15) is 0 Å². The summed E-state index contributed by atoms with van der Waals surface area (Å²) < 4.78 is 0. The number of rotatable bonds is 5. The van der Waals surface area contributed by atoms with Crippen molar-refractivity contribution >= 4 is 0 Å². The van der Waals surface area contributed by atoms with Gasteiger partial charge in [0.1, 0.15) is 0 Å². The third-order valence-corrected chi connectivity index (χ3v) is 3.59. The number of benzene rings is 2. The average molecular weight is 237 g/mol. The summed E-state index contributed by atoms with van der Waals surface area (Å²) in [5, 5.41) is 0. The molecule has 0 heterocycles. The minimum atomic E-state index is 0.0999. The second kappa shape index (κ2) is 5.86. The van der Waals surface area contributed by atoms with Crippen molar-refractivity contribution in [2.24, 2.45) is 5.41 Å². The Bertz CT molecular complexity index is 414. The maximum Gasteiger partial charge on any atom is -0.0219 e. The van der Waals surface area contributed by atoms with Gasteiger partial charge in [-0.05, 0) is 42.7 Å². The minimum absolute atomic E-state index is 0.0999. The molecule has 0 saturated carbocycles. The van der Waals surface area contributed by atoms with Gasteiger partial charge in [0.2, 0.25) is 0 Å². The second-order valence-corrected chi connectivity index (χ2v) is 5.18. The van der Waals surface area contributed by atoms with Crippen LogP contribution in [0.1, 0.15) is 24.5 Å². The van der Waals surface area contributed by atoms with Crippen molar-refractivity contribution in [2.45, 2.75) is 26.2 Å². The molecule has 0 spiro atoms. The molecular weight excluding hydrogens is 216 g/mol. The summed E-state index contributed by atoms with van der Waals surface area (Å²) in [5.74, 6) is 0. The summed E-state index contributed by atoms with van der Waals surface area (Å²) in [6.45, 7) is 6.71. The summed E-state index contributed by atoms with van der Waals surface area (Å²) in [6.07, 6.45) is 3.18. The molecule has 0 heteroatoms. The highest BCUT2D eigenvalue weighted by Crippen LogP contribution is 2.30. The zero-order valence-corrected chi connectivity index (χ0v) is 11.1. The first-order valence-corrected chi connectivity index (χ1v) is 6.65. The normalized spacial score (nSPS) is 11.4. The monoisotopic (exact) mass is 237 g/mol. The van der Waals surface area contributed by atoms with Crippen molar-refractivity contribution in [3.63, 3.8) is 0 Å². The van der Waals surface area contributed by atoms with Crippen LogP contribution in [0, 0.1) is 12.3 Å². The predicted molar refractivity (Wildman–Crippen MR) is 78.4 cm³/mol. The molecule has 2 rings (SSSR count). The van der Waals surface area contributed by atoms with Gasteiger partial charge >= 0.3 is 0 Å². The molecule has 0 saturated heterocycles. The molecule has 0 atom stereocenters. The van der Waals surface area contributed by atoms with Crippen molar-refractivity contribution in [1.29, 1.82) is 0 Å². The fourth-order valence-electron chi connectivity index (χ4n) is 2.37. The van der Waals surface area contributed by atoms with Gasteiger partial charge in [-0.25, -0.2) is 0 Å². The van der Waals surface area contributed by atoms with Gasteiger partial charge in [0.25, 0.3) is 0 Å². The molecule has 1 radical (unpaired) electrons. The third-order valence-electron chi connectivity index (χ3n) is 3.59. The Labute approximate surface area is 111 Å². The molecule has 0 fully saturated rings. The Balaban J connectivity index is 2.11. The molecule has 18 heavy (non-hydrogen) atoms. The van der Waals surface area contributed by atoms with Gasteiger partial charge < -0.3 is 0 Å². The molecule has 0 aliphatic carbocycles. The van der Waals surface area contributed by atoms with E-state index in [4.69, 9.17) is 0 Å². The third kappa shape index (κ3) is 3.46. The van der Waals surface area contributed by atoms with E-state index in [1.807, 2.05) is 0 Å². The Morgan fingerprint density at radius 2 is 1.17 bits per heavy atom. The molecular formula is C18H21. The fourth-order valence-corrected chi connectivity index (χ4v) is 2.37. The van der Waals surface area contributed by atoms with E-state index >= 15 is 0 Å². The Morgan fingerprint density at radius 3 is 1.50 bits per heavy atom. The molecule has 2 aromatic rings. The lowest BCUT2D eigenvalue weighted by atomic mass is 9.76. The highest BCUT2D eigenvalue weighted by molar-refractivity contribution is 5.21. The van der Waals surface area contributed by atoms with Crippen LogP contribution < -0.4 is 0 Å². The van der Waals surface area contributed by atoms with Gasteiger partial charge in [-0.15, -0.1) is 0 Å². The fraction of sp³-hybridized carbons (Fsp3) is 0.278. The Hall–Kier alpha value is -1.56. The van der Waals surface area contributed by atoms with Crippen LogP contribution >= 0.6 is 0 Å². The highest BCUT2D eigenvalue weighted by Gasteiger charge is 2.23. The van der Waals surface area contributed by atoms with Gasteiger partial charge in [0.05, 0.1) is 0 Å². The van der Waals surface area contributed by atoms with E-state index in [1.165, 1.54) is 11.1 Å². The first kappa shape index (κ1) is 12.9. The van der Waals surface area contributed by atoms with E-state index in [2.05, 4.69) is 74.5 Å². The van der Waals surface area contributed by atoms with Crippen LogP contribution in [-0.2, 0) is 12.8 Å². The number of hydrogen-bond donors (Lipinski definition) is 0. The summed E-state index contributed by atoms with van der Waals surface area (Å²) in [4.78, 5) is 0. The maximum atomic E-state index is 4.48. The number of hydrogen-bond acceptors (Lipinski definition) is 0. The standard InChI is InChI=1S/C18H21/c1-3-18(2,14-16-10-6-4-7-11-16)15-17-12-8-5-9-13-17/h4-13H,2-3,14-15H2,1H3. The second-order valence-electron chi connectivity index (χ2n) is 5.18. The van der Waals surface area contributed by atoms with E-state index in [0.717, 1.165) is 19.3 Å². The van der Waals surface area contributed by atoms with Crippen LogP contribution in [0.2, 0.25) is 0 Å². The zero-order valence-electron chi connectivity index (χ0n) is 11.1. The van der Waals surface area contributed by atoms with Crippen molar-refractivity contribution < 1.29 is 0 Å². The van der Waals surface area contributed by atoms with E-state index < -0.39 is 0 Å². The summed E-state index contributed by atoms with van der Waals surface area (Å²) in [6, 6.07) is 21.3. The van der Waals surface area contributed by atoms with E-state index in [0.29, 0.717) is 0 Å². The molecule has 0 N–H and O–H groups in total. The van der Waals surface area contributed by atoms with Crippen LogP contribution in [0.15, 0.2) is 60.7 Å². The average Bonchev–Trinajstić information content (AvgIpc) is 2.41. The molecule has 93 valence electrons. The molecule has 0 unspecified atom stereocenters. The maximum absolute atomic E-state index is 4.48. The topological polar surface area (TPSA) is 0 Å². The SMILES string of the molecule is [CH2]C(CC)(Cc1ccccc1)Cc1ccccc1. The molecule has 0 nitrogen and oxygen atoms in total. The van der Waals surface area contributed by atoms with E-state index in [-0.39, 0.29) is 5.41 Å². The smallest absolute Gasteiger partial charge is 0.0219 e. The Kier molecular flexibility index (Phi) is 4.19. The lowest BCUT2D eigenvalue weighted by Crippen LogP contribution is -2.22. The van der Waals surface area contributed by atoms with Gasteiger partial charge in [-0.1, -0.05) is 67.6 Å². The summed E-state index contributed by atoms with van der Waals surface area (Å²) >= 11 is 0. The lowest BCUT2D eigenvalue weighted by Gasteiger charge is -2.28. The van der Waals surface area contributed by atoms with Crippen molar-refractivity contribution in [3.05, 3.63) is 78.7 Å². The Morgan fingerprint density at radius 1 is 0.778 bits per heavy atom. The molecule has 0 aliphatic rings. The first-order chi connectivity index (χ1) is 8.72. The molecule has 0 bridgehead atoms. The van der Waals surface area contributed by atoms with Crippen molar-refractivity contribution in [2.75, 3.05) is 0 Å². The zero-order chi connectivity index (χ0) is 12.8. The minimum Gasteiger partial charge on any atom is -0.0648 e. The van der Waals surface area contributed by atoms with E-state index in [9.17, 15) is 0 Å². The summed E-state index contributed by atoms with van der Waals surface area (Å²) in [5.41, 5.74) is 2.86. The largest absolute Gasteiger partial charge is 0.0648 e. The van der Waals surface area contributed by atoms with Crippen LogP contribution in [0.4, 0.5) is 0 Å². The van der Waals surface area contributed by atoms with Crippen LogP contribution in [0.5, 0.6) is 0 Å². The molecule has 0 aliphatic heterocycles. The molecule has 0 aromatic heterocycles. The quantitative estimate of drug-likeness (QED) is 0.707. The van der Waals surface area contributed by atoms with Gasteiger partial charge in [-0.3, -0.25) is 0 Å². The predicted octanol–water partition coefficient (Wildman–Crippen LogP) is 4.70. The van der Waals surface area contributed by atoms with Crippen molar-refractivity contribution in [1.82, 2.24) is 0 Å². The van der Waals surface area contributed by atoms with Gasteiger partial charge in [0.15, 0.2) is 0 Å². The van der Waals surface area contributed by atoms with E-state index in [1.54, 1.807) is 0 Å². The summed E-state index contributed by atoms with van der Waals surface area (Å²) in [7, 11) is 0.